The van der Waals surface area contributed by atoms with Crippen molar-refractivity contribution in [1.29, 1.82) is 0 Å². The van der Waals surface area contributed by atoms with Crippen molar-refractivity contribution in [2.24, 2.45) is 0 Å². The van der Waals surface area contributed by atoms with Gasteiger partial charge in [0.25, 0.3) is 0 Å². The first-order valence-corrected chi connectivity index (χ1v) is 13.8. The predicted molar refractivity (Wildman–Crippen MR) is 169 cm³/mol. The highest BCUT2D eigenvalue weighted by Crippen LogP contribution is 2.19. The summed E-state index contributed by atoms with van der Waals surface area (Å²) in [5, 5.41) is 9.53. The number of phenols is 1. The van der Waals surface area contributed by atoms with Gasteiger partial charge in [-0.05, 0) is 86.7 Å². The van der Waals surface area contributed by atoms with E-state index < -0.39 is 0 Å². The highest BCUT2D eigenvalue weighted by Gasteiger charge is 2.18. The maximum absolute atomic E-state index is 10.6. The molecule has 0 radical (unpaired) electrons. The molecule has 0 saturated heterocycles. The van der Waals surface area contributed by atoms with E-state index in [0.717, 1.165) is 34.4 Å². The highest BCUT2D eigenvalue weighted by molar-refractivity contribution is 5.81. The lowest BCUT2D eigenvalue weighted by atomic mass is 10.1. The van der Waals surface area contributed by atoms with Crippen LogP contribution in [0.25, 0.3) is 18.2 Å². The van der Waals surface area contributed by atoms with Crippen LogP contribution in [0.4, 0.5) is 0 Å². The van der Waals surface area contributed by atoms with Crippen molar-refractivity contribution >= 4 is 24.2 Å². The fourth-order valence-electron chi connectivity index (χ4n) is 3.37. The number of ether oxygens (including phenoxy) is 3. The SMILES string of the molecule is C=CC(=O)OC(C)(C)CC.CCOC(C)Oc1ccc(C=CC(C=Cc2ccccc2)=Cc2ccc(O)cc2)cc1. The van der Waals surface area contributed by atoms with Crippen molar-refractivity contribution in [1.82, 2.24) is 0 Å². The molecule has 41 heavy (non-hydrogen) atoms. The lowest BCUT2D eigenvalue weighted by molar-refractivity contribution is -0.150. The zero-order valence-corrected chi connectivity index (χ0v) is 24.7. The summed E-state index contributed by atoms with van der Waals surface area (Å²) in [6, 6.07) is 25.3. The summed E-state index contributed by atoms with van der Waals surface area (Å²) in [5.74, 6) is 0.684. The van der Waals surface area contributed by atoms with Gasteiger partial charge in [-0.3, -0.25) is 0 Å². The minimum Gasteiger partial charge on any atom is -0.508 e. The molecule has 0 aliphatic heterocycles. The van der Waals surface area contributed by atoms with E-state index in [1.54, 1.807) is 12.1 Å². The monoisotopic (exact) mass is 554 g/mol. The first-order valence-electron chi connectivity index (χ1n) is 13.8. The minimum absolute atomic E-state index is 0.259. The average molecular weight is 555 g/mol. The Bertz CT molecular complexity index is 1280. The van der Waals surface area contributed by atoms with Gasteiger partial charge in [-0.2, -0.15) is 0 Å². The standard InChI is InChI=1S/C28H28O3.C8H14O2/c1-3-30-22(2)31-28-19-15-24(16-20-28)10-12-25(11-9-23-7-5-4-6-8-23)21-26-13-17-27(29)18-14-26;1-5-7(9)10-8(3,4)6-2/h4-22,29H,3H2,1-2H3;5H,1,6H2,2-4H3. The van der Waals surface area contributed by atoms with Crippen LogP contribution >= 0.6 is 0 Å². The second kappa shape index (κ2) is 17.4. The number of phenolic OH excluding ortho intramolecular Hbond substituents is 1. The zero-order chi connectivity index (χ0) is 30.1. The largest absolute Gasteiger partial charge is 0.508 e. The van der Waals surface area contributed by atoms with Crippen LogP contribution in [0.3, 0.4) is 0 Å². The summed E-state index contributed by atoms with van der Waals surface area (Å²) in [7, 11) is 0. The van der Waals surface area contributed by atoms with Gasteiger partial charge in [-0.1, -0.05) is 92.4 Å². The Kier molecular flexibility index (Phi) is 13.9. The van der Waals surface area contributed by atoms with Gasteiger partial charge in [-0.25, -0.2) is 4.79 Å². The average Bonchev–Trinajstić information content (AvgIpc) is 2.97. The van der Waals surface area contributed by atoms with E-state index in [-0.39, 0.29) is 23.6 Å². The maximum Gasteiger partial charge on any atom is 0.330 e. The molecular weight excluding hydrogens is 512 g/mol. The molecule has 0 spiro atoms. The second-order valence-electron chi connectivity index (χ2n) is 9.76. The molecule has 0 heterocycles. The quantitative estimate of drug-likeness (QED) is 0.105. The summed E-state index contributed by atoms with van der Waals surface area (Å²) >= 11 is 0. The highest BCUT2D eigenvalue weighted by atomic mass is 16.7. The number of carbonyl (C=O) groups is 1. The van der Waals surface area contributed by atoms with E-state index in [1.165, 1.54) is 6.08 Å². The van der Waals surface area contributed by atoms with Crippen LogP contribution in [0, 0.1) is 0 Å². The molecule has 1 unspecified atom stereocenters. The molecule has 5 heteroatoms. The molecule has 0 bridgehead atoms. The molecule has 3 rings (SSSR count). The van der Waals surface area contributed by atoms with Gasteiger partial charge in [0, 0.05) is 12.7 Å². The Morgan fingerprint density at radius 2 is 1.44 bits per heavy atom. The number of esters is 1. The van der Waals surface area contributed by atoms with Crippen LogP contribution < -0.4 is 4.74 Å². The molecule has 1 atom stereocenters. The third-order valence-electron chi connectivity index (χ3n) is 5.94. The van der Waals surface area contributed by atoms with Crippen LogP contribution in [0.15, 0.2) is 109 Å². The fraction of sp³-hybridized carbons (Fsp3) is 0.250. The lowest BCUT2D eigenvalue weighted by Crippen LogP contribution is -2.25. The number of benzene rings is 3. The second-order valence-corrected chi connectivity index (χ2v) is 9.76. The molecule has 0 aromatic heterocycles. The van der Waals surface area contributed by atoms with E-state index in [2.05, 4.69) is 49.1 Å². The number of aromatic hydroxyl groups is 1. The number of rotatable bonds is 12. The third-order valence-corrected chi connectivity index (χ3v) is 5.94. The van der Waals surface area contributed by atoms with Crippen LogP contribution in [0.5, 0.6) is 11.5 Å². The molecule has 0 aliphatic carbocycles. The van der Waals surface area contributed by atoms with Crippen LogP contribution in [-0.4, -0.2) is 29.6 Å². The first-order chi connectivity index (χ1) is 19.6. The van der Waals surface area contributed by atoms with Crippen molar-refractivity contribution in [3.05, 3.63) is 126 Å². The molecule has 0 amide bonds. The van der Waals surface area contributed by atoms with Crippen molar-refractivity contribution < 1.29 is 24.1 Å². The maximum atomic E-state index is 10.6. The molecule has 3 aromatic carbocycles. The van der Waals surface area contributed by atoms with Crippen LogP contribution in [0.2, 0.25) is 0 Å². The number of hydrogen-bond acceptors (Lipinski definition) is 5. The summed E-state index contributed by atoms with van der Waals surface area (Å²) in [6.07, 6.45) is 12.1. The Morgan fingerprint density at radius 1 is 0.878 bits per heavy atom. The Balaban J connectivity index is 0.000000503. The van der Waals surface area contributed by atoms with E-state index >= 15 is 0 Å². The van der Waals surface area contributed by atoms with E-state index in [1.807, 2.05) is 89.2 Å². The molecule has 1 N–H and O–H groups in total. The summed E-state index contributed by atoms with van der Waals surface area (Å²) in [6.45, 7) is 13.5. The number of allylic oxidation sites excluding steroid dienone is 3. The fourth-order valence-corrected chi connectivity index (χ4v) is 3.37. The van der Waals surface area contributed by atoms with Crippen molar-refractivity contribution in [3.8, 4) is 11.5 Å². The van der Waals surface area contributed by atoms with Gasteiger partial charge < -0.3 is 19.3 Å². The summed E-state index contributed by atoms with van der Waals surface area (Å²) < 4.78 is 16.1. The van der Waals surface area contributed by atoms with Gasteiger partial charge in [-0.15, -0.1) is 0 Å². The van der Waals surface area contributed by atoms with E-state index in [4.69, 9.17) is 14.2 Å². The lowest BCUT2D eigenvalue weighted by Gasteiger charge is -2.21. The minimum atomic E-state index is -0.356. The topological polar surface area (TPSA) is 65.0 Å². The molecule has 3 aromatic rings. The van der Waals surface area contributed by atoms with E-state index in [0.29, 0.717) is 6.61 Å². The van der Waals surface area contributed by atoms with Gasteiger partial charge in [0.2, 0.25) is 0 Å². The zero-order valence-electron chi connectivity index (χ0n) is 24.7. The van der Waals surface area contributed by atoms with Gasteiger partial charge in [0.05, 0.1) is 0 Å². The van der Waals surface area contributed by atoms with Gasteiger partial charge in [0.1, 0.15) is 17.1 Å². The molecule has 0 fully saturated rings. The van der Waals surface area contributed by atoms with Crippen molar-refractivity contribution in [2.45, 2.75) is 52.9 Å². The third kappa shape index (κ3) is 13.5. The van der Waals surface area contributed by atoms with Crippen LogP contribution in [-0.2, 0) is 14.3 Å². The van der Waals surface area contributed by atoms with E-state index in [9.17, 15) is 9.90 Å². The molecular formula is C36H42O5. The van der Waals surface area contributed by atoms with Gasteiger partial charge in [0.15, 0.2) is 6.29 Å². The normalized spacial score (nSPS) is 12.5. The molecule has 0 saturated carbocycles. The van der Waals surface area contributed by atoms with Gasteiger partial charge >= 0.3 is 5.97 Å². The summed E-state index contributed by atoms with van der Waals surface area (Å²) in [5.41, 5.74) is 3.91. The van der Waals surface area contributed by atoms with Crippen LogP contribution in [0.1, 0.15) is 57.7 Å². The molecule has 216 valence electrons. The smallest absolute Gasteiger partial charge is 0.330 e. The number of carbonyl (C=O) groups excluding carboxylic acids is 1. The Hall–Kier alpha value is -4.35. The van der Waals surface area contributed by atoms with Crippen molar-refractivity contribution in [3.63, 3.8) is 0 Å². The first kappa shape index (κ1) is 32.9. The predicted octanol–water partition coefficient (Wildman–Crippen LogP) is 8.87. The molecule has 0 aliphatic rings. The number of hydrogen-bond donors (Lipinski definition) is 1. The van der Waals surface area contributed by atoms with Crippen molar-refractivity contribution in [2.75, 3.05) is 6.61 Å². The summed E-state index contributed by atoms with van der Waals surface area (Å²) in [4.78, 5) is 10.6. The Labute approximate surface area is 245 Å². The Morgan fingerprint density at radius 3 is 1.98 bits per heavy atom. The molecule has 5 nitrogen and oxygen atoms in total.